The Kier molecular flexibility index (Phi) is 5.60. The van der Waals surface area contributed by atoms with Gasteiger partial charge in [-0.15, -0.1) is 0 Å². The summed E-state index contributed by atoms with van der Waals surface area (Å²) in [5.41, 5.74) is 6.83. The molecule has 2 aromatic rings. The summed E-state index contributed by atoms with van der Waals surface area (Å²) in [5, 5.41) is 0. The van der Waals surface area contributed by atoms with Gasteiger partial charge in [-0.2, -0.15) is 0 Å². The van der Waals surface area contributed by atoms with Gasteiger partial charge in [0.2, 0.25) is 5.91 Å². The Morgan fingerprint density at radius 2 is 1.79 bits per heavy atom. The van der Waals surface area contributed by atoms with E-state index in [1.165, 1.54) is 20.3 Å². The first kappa shape index (κ1) is 19.4. The molecule has 0 aromatic heterocycles. The molecule has 1 atom stereocenters. The van der Waals surface area contributed by atoms with Crippen molar-refractivity contribution in [2.45, 2.75) is 19.4 Å². The summed E-state index contributed by atoms with van der Waals surface area (Å²) in [7, 11) is 2.98. The van der Waals surface area contributed by atoms with Crippen LogP contribution in [-0.4, -0.2) is 38.0 Å². The van der Waals surface area contributed by atoms with Crippen LogP contribution in [0.15, 0.2) is 42.5 Å². The Labute approximate surface area is 162 Å². The van der Waals surface area contributed by atoms with Crippen molar-refractivity contribution in [3.05, 3.63) is 53.6 Å². The lowest BCUT2D eigenvalue weighted by Crippen LogP contribution is -2.48. The van der Waals surface area contributed by atoms with E-state index in [1.54, 1.807) is 24.3 Å². The van der Waals surface area contributed by atoms with Gasteiger partial charge < -0.3 is 9.47 Å². The number of hydrogen-bond acceptors (Lipinski definition) is 6. The summed E-state index contributed by atoms with van der Waals surface area (Å²) >= 11 is 0. The summed E-state index contributed by atoms with van der Waals surface area (Å²) < 4.78 is 10.3. The Hall–Kier alpha value is -3.39. The standard InChI is InChI=1S/C20H21N3O5/c1-12-6-4-5-7-15(12)23-18(24)11-14(20(23)26)21-22-19(25)13-8-9-16(27-2)17(10-13)28-3/h4-10,14,21H,11H2,1-3H3,(H,22,25)/t14-/m1/s1. The van der Waals surface area contributed by atoms with E-state index < -0.39 is 17.9 Å². The summed E-state index contributed by atoms with van der Waals surface area (Å²) in [6.45, 7) is 1.83. The molecule has 28 heavy (non-hydrogen) atoms. The number of ether oxygens (including phenoxy) is 2. The van der Waals surface area contributed by atoms with Gasteiger partial charge >= 0.3 is 0 Å². The third kappa shape index (κ3) is 3.67. The maximum Gasteiger partial charge on any atom is 0.265 e. The van der Waals surface area contributed by atoms with Crippen molar-refractivity contribution in [2.75, 3.05) is 19.1 Å². The molecule has 1 saturated heterocycles. The van der Waals surface area contributed by atoms with Gasteiger partial charge in [0.15, 0.2) is 11.5 Å². The van der Waals surface area contributed by atoms with E-state index in [9.17, 15) is 14.4 Å². The zero-order valence-electron chi connectivity index (χ0n) is 15.8. The summed E-state index contributed by atoms with van der Waals surface area (Å²) in [4.78, 5) is 38.5. The van der Waals surface area contributed by atoms with Crippen molar-refractivity contribution in [2.24, 2.45) is 0 Å². The van der Waals surface area contributed by atoms with Crippen molar-refractivity contribution in [3.8, 4) is 11.5 Å². The molecule has 8 heteroatoms. The number of para-hydroxylation sites is 1. The zero-order chi connectivity index (χ0) is 20.3. The fourth-order valence-electron chi connectivity index (χ4n) is 3.01. The molecule has 2 aromatic carbocycles. The van der Waals surface area contributed by atoms with E-state index in [1.807, 2.05) is 19.1 Å². The van der Waals surface area contributed by atoms with Crippen molar-refractivity contribution < 1.29 is 23.9 Å². The maximum absolute atomic E-state index is 12.7. The predicted molar refractivity (Wildman–Crippen MR) is 102 cm³/mol. The summed E-state index contributed by atoms with van der Waals surface area (Å²) in [6, 6.07) is 11.0. The van der Waals surface area contributed by atoms with Crippen LogP contribution < -0.4 is 25.2 Å². The highest BCUT2D eigenvalue weighted by Crippen LogP contribution is 2.28. The fourth-order valence-corrected chi connectivity index (χ4v) is 3.01. The molecule has 3 rings (SSSR count). The molecule has 146 valence electrons. The van der Waals surface area contributed by atoms with E-state index in [4.69, 9.17) is 9.47 Å². The first-order chi connectivity index (χ1) is 13.5. The number of nitrogens with zero attached hydrogens (tertiary/aromatic N) is 1. The van der Waals surface area contributed by atoms with E-state index in [2.05, 4.69) is 10.9 Å². The molecule has 8 nitrogen and oxygen atoms in total. The normalized spacial score (nSPS) is 16.2. The average Bonchev–Trinajstić information content (AvgIpc) is 2.99. The van der Waals surface area contributed by atoms with Crippen LogP contribution >= 0.6 is 0 Å². The molecule has 2 N–H and O–H groups in total. The van der Waals surface area contributed by atoms with E-state index >= 15 is 0 Å². The molecule has 0 saturated carbocycles. The molecule has 0 unspecified atom stereocenters. The van der Waals surface area contributed by atoms with E-state index in [0.29, 0.717) is 22.7 Å². The highest BCUT2D eigenvalue weighted by Gasteiger charge is 2.40. The number of carbonyl (C=O) groups is 3. The van der Waals surface area contributed by atoms with Gasteiger partial charge in [-0.3, -0.25) is 19.8 Å². The number of rotatable bonds is 6. The number of methoxy groups -OCH3 is 2. The molecule has 1 heterocycles. The highest BCUT2D eigenvalue weighted by molar-refractivity contribution is 6.22. The van der Waals surface area contributed by atoms with Crippen LogP contribution in [0.1, 0.15) is 22.3 Å². The monoisotopic (exact) mass is 383 g/mol. The van der Waals surface area contributed by atoms with Gasteiger partial charge in [0.05, 0.1) is 26.3 Å². The number of hydrazine groups is 1. The summed E-state index contributed by atoms with van der Waals surface area (Å²) in [6.07, 6.45) is -0.0423. The second-order valence-corrected chi connectivity index (χ2v) is 6.28. The number of benzene rings is 2. The molecule has 1 aliphatic rings. The highest BCUT2D eigenvalue weighted by atomic mass is 16.5. The van der Waals surface area contributed by atoms with Crippen molar-refractivity contribution in [1.29, 1.82) is 0 Å². The largest absolute Gasteiger partial charge is 0.493 e. The van der Waals surface area contributed by atoms with E-state index in [0.717, 1.165) is 10.5 Å². The molecule has 0 aliphatic carbocycles. The molecule has 0 bridgehead atoms. The number of aryl methyl sites for hydroxylation is 1. The van der Waals surface area contributed by atoms with Crippen molar-refractivity contribution >= 4 is 23.4 Å². The van der Waals surface area contributed by atoms with Crippen LogP contribution in [0.5, 0.6) is 11.5 Å². The SMILES string of the molecule is COc1ccc(C(=O)NN[C@@H]2CC(=O)N(c3ccccc3C)C2=O)cc1OC. The van der Waals surface area contributed by atoms with Gasteiger partial charge in [0.1, 0.15) is 6.04 Å². The van der Waals surface area contributed by atoms with Gasteiger partial charge in [0.25, 0.3) is 11.8 Å². The van der Waals surface area contributed by atoms with Gasteiger partial charge in [-0.1, -0.05) is 18.2 Å². The molecular weight excluding hydrogens is 362 g/mol. The Morgan fingerprint density at radius 1 is 1.07 bits per heavy atom. The Morgan fingerprint density at radius 3 is 2.46 bits per heavy atom. The molecule has 0 radical (unpaired) electrons. The second-order valence-electron chi connectivity index (χ2n) is 6.28. The quantitative estimate of drug-likeness (QED) is 0.581. The van der Waals surface area contributed by atoms with Crippen LogP contribution in [0.4, 0.5) is 5.69 Å². The van der Waals surface area contributed by atoms with Crippen LogP contribution in [0.25, 0.3) is 0 Å². The van der Waals surface area contributed by atoms with E-state index in [-0.39, 0.29) is 12.3 Å². The number of amides is 3. The minimum Gasteiger partial charge on any atom is -0.493 e. The Bertz CT molecular complexity index is 928. The third-order valence-corrected chi connectivity index (χ3v) is 4.51. The molecule has 0 spiro atoms. The average molecular weight is 383 g/mol. The van der Waals surface area contributed by atoms with Gasteiger partial charge in [-0.25, -0.2) is 10.3 Å². The smallest absolute Gasteiger partial charge is 0.265 e. The minimum atomic E-state index is -0.837. The minimum absolute atomic E-state index is 0.0423. The molecule has 1 aliphatic heterocycles. The Balaban J connectivity index is 1.68. The second kappa shape index (κ2) is 8.10. The molecule has 1 fully saturated rings. The number of carbonyl (C=O) groups excluding carboxylic acids is 3. The number of anilines is 1. The lowest BCUT2D eigenvalue weighted by Gasteiger charge is -2.18. The summed E-state index contributed by atoms with van der Waals surface area (Å²) in [5.74, 6) is -0.287. The van der Waals surface area contributed by atoms with Crippen LogP contribution in [0.2, 0.25) is 0 Å². The van der Waals surface area contributed by atoms with Crippen LogP contribution in [-0.2, 0) is 9.59 Å². The maximum atomic E-state index is 12.7. The zero-order valence-corrected chi connectivity index (χ0v) is 15.8. The molecular formula is C20H21N3O5. The molecule has 3 amide bonds. The van der Waals surface area contributed by atoms with Crippen molar-refractivity contribution in [1.82, 2.24) is 10.9 Å². The third-order valence-electron chi connectivity index (χ3n) is 4.51. The number of hydrogen-bond donors (Lipinski definition) is 2. The number of imide groups is 1. The van der Waals surface area contributed by atoms with Gasteiger partial charge in [-0.05, 0) is 36.8 Å². The van der Waals surface area contributed by atoms with Crippen molar-refractivity contribution in [3.63, 3.8) is 0 Å². The van der Waals surface area contributed by atoms with Gasteiger partial charge in [0, 0.05) is 5.56 Å². The first-order valence-electron chi connectivity index (χ1n) is 8.66. The fraction of sp³-hybridized carbons (Fsp3) is 0.250. The first-order valence-corrected chi connectivity index (χ1v) is 8.66. The number of nitrogens with one attached hydrogen (secondary N) is 2. The lowest BCUT2D eigenvalue weighted by atomic mass is 10.2. The van der Waals surface area contributed by atoms with Crippen LogP contribution in [0.3, 0.4) is 0 Å². The van der Waals surface area contributed by atoms with Crippen LogP contribution in [0, 0.1) is 6.92 Å². The topological polar surface area (TPSA) is 97.0 Å². The lowest BCUT2D eigenvalue weighted by molar-refractivity contribution is -0.121. The predicted octanol–water partition coefficient (Wildman–Crippen LogP) is 1.58.